The Labute approximate surface area is 242 Å². The third-order valence-corrected chi connectivity index (χ3v) is 13.5. The summed E-state index contributed by atoms with van der Waals surface area (Å²) in [5, 5.41) is -0.315. The van der Waals surface area contributed by atoms with Gasteiger partial charge in [0.15, 0.2) is 19.7 Å². The molecule has 222 valence electrons. The van der Waals surface area contributed by atoms with E-state index in [0.717, 1.165) is 16.9 Å². The molecule has 5 heterocycles. The number of carbonyl (C=O) groups excluding carboxylic acids is 2. The molecule has 0 saturated carbocycles. The van der Waals surface area contributed by atoms with Gasteiger partial charge in [0.05, 0.1) is 30.2 Å². The van der Waals surface area contributed by atoms with E-state index >= 15 is 0 Å². The van der Waals surface area contributed by atoms with Crippen LogP contribution in [0.3, 0.4) is 0 Å². The number of aromatic nitrogens is 2. The Hall–Kier alpha value is -2.83. The minimum Gasteiger partial charge on any atom is -0.472 e. The van der Waals surface area contributed by atoms with Crippen molar-refractivity contribution in [1.82, 2.24) is 19.2 Å². The van der Waals surface area contributed by atoms with Crippen molar-refractivity contribution in [3.63, 3.8) is 0 Å². The summed E-state index contributed by atoms with van der Waals surface area (Å²) in [7, 11) is -2.30. The Morgan fingerprint density at radius 2 is 1.93 bits per heavy atom. The van der Waals surface area contributed by atoms with Gasteiger partial charge in [-0.1, -0.05) is 32.4 Å². The lowest BCUT2D eigenvalue weighted by Gasteiger charge is -2.47. The Morgan fingerprint density at radius 1 is 1.20 bits per heavy atom. The highest BCUT2D eigenvalue weighted by atomic mass is 35.5. The molecule has 8 nitrogen and oxygen atoms in total. The number of furan rings is 1. The lowest BCUT2D eigenvalue weighted by Crippen LogP contribution is -2.60. The fraction of sp³-hybridized carbons (Fsp3) is 0.536. The Bertz CT molecular complexity index is 1470. The van der Waals surface area contributed by atoms with Crippen molar-refractivity contribution >= 4 is 37.4 Å². The quantitative estimate of drug-likeness (QED) is 0.308. The van der Waals surface area contributed by atoms with Crippen LogP contribution in [0.4, 0.5) is 13.2 Å². The van der Waals surface area contributed by atoms with Gasteiger partial charge in [-0.15, -0.1) is 0 Å². The molecule has 5 rings (SSSR count). The first-order valence-electron chi connectivity index (χ1n) is 13.7. The van der Waals surface area contributed by atoms with E-state index in [9.17, 15) is 22.8 Å². The lowest BCUT2D eigenvalue weighted by molar-refractivity contribution is -0.136. The zero-order valence-electron chi connectivity index (χ0n) is 23.7. The number of carbonyl (C=O) groups is 2. The van der Waals surface area contributed by atoms with E-state index < -0.39 is 37.7 Å². The fourth-order valence-corrected chi connectivity index (χ4v) is 6.93. The first-order valence-corrected chi connectivity index (χ1v) is 16.9. The number of amides is 2. The van der Waals surface area contributed by atoms with Crippen molar-refractivity contribution in [3.05, 3.63) is 47.3 Å². The molecule has 0 spiro atoms. The average Bonchev–Trinajstić information content (AvgIpc) is 3.63. The number of alkyl halides is 3. The SMILES string of the molecule is CC(C)(C)[Si](C)(C)O[C@H]1CN(C(=O)c2nc3c(C(F)(F)F)cc(-c4ccoc4)cn3c2Cl)CC[C@H]1N1CCCC1=O. The first kappa shape index (κ1) is 29.7. The standard InChI is InChI=1S/C28H34ClF3N4O4Si/c1-27(2,3)41(4,5)40-21-15-34(11-8-20(21)35-10-6-7-22(35)37)26(38)23-24(29)36-14-18(17-9-12-39-16-17)13-19(25(36)33-23)28(30,31)32/h9,12-14,16,20-21H,6-8,10-11,15H2,1-5H3/t20-,21+/m1/s1. The van der Waals surface area contributed by atoms with Crippen LogP contribution in [-0.2, 0) is 15.4 Å². The number of pyridine rings is 1. The smallest absolute Gasteiger partial charge is 0.420 e. The van der Waals surface area contributed by atoms with Gasteiger partial charge in [-0.25, -0.2) is 4.98 Å². The summed E-state index contributed by atoms with van der Waals surface area (Å²) in [5.74, 6) is -0.498. The molecular formula is C28H34ClF3N4O4Si. The van der Waals surface area contributed by atoms with E-state index in [-0.39, 0.29) is 39.9 Å². The monoisotopic (exact) mass is 610 g/mol. The van der Waals surface area contributed by atoms with Crippen LogP contribution in [0.5, 0.6) is 0 Å². The van der Waals surface area contributed by atoms with Gasteiger partial charge in [-0.05, 0) is 43.1 Å². The van der Waals surface area contributed by atoms with Gasteiger partial charge in [0, 0.05) is 43.4 Å². The summed E-state index contributed by atoms with van der Waals surface area (Å²) in [6.07, 6.45) is 0.684. The summed E-state index contributed by atoms with van der Waals surface area (Å²) in [6, 6.07) is 2.32. The lowest BCUT2D eigenvalue weighted by atomic mass is 10.00. The second kappa shape index (κ2) is 10.5. The molecule has 2 aliphatic rings. The van der Waals surface area contributed by atoms with Crippen molar-refractivity contribution in [2.45, 2.75) is 76.5 Å². The number of rotatable bonds is 5. The van der Waals surface area contributed by atoms with E-state index in [4.69, 9.17) is 20.4 Å². The van der Waals surface area contributed by atoms with Crippen LogP contribution >= 0.6 is 11.6 Å². The van der Waals surface area contributed by atoms with Crippen molar-refractivity contribution in [1.29, 1.82) is 0 Å². The van der Waals surface area contributed by atoms with Crippen LogP contribution in [-0.4, -0.2) is 71.1 Å². The molecule has 2 fully saturated rings. The van der Waals surface area contributed by atoms with Gasteiger partial charge in [-0.3, -0.25) is 14.0 Å². The molecule has 3 aromatic rings. The number of halogens is 4. The van der Waals surface area contributed by atoms with Crippen LogP contribution < -0.4 is 0 Å². The predicted octanol–water partition coefficient (Wildman–Crippen LogP) is 6.49. The number of piperidine rings is 1. The Morgan fingerprint density at radius 3 is 2.51 bits per heavy atom. The minimum absolute atomic E-state index is 0.0788. The van der Waals surface area contributed by atoms with E-state index in [0.29, 0.717) is 31.5 Å². The molecule has 0 bridgehead atoms. The number of fused-ring (bicyclic) bond motifs is 1. The topological polar surface area (TPSA) is 80.3 Å². The molecule has 3 aromatic heterocycles. The first-order chi connectivity index (χ1) is 19.1. The van der Waals surface area contributed by atoms with Crippen molar-refractivity contribution in [2.75, 3.05) is 19.6 Å². The molecule has 2 aliphatic heterocycles. The van der Waals surface area contributed by atoms with Gasteiger partial charge in [-0.2, -0.15) is 13.2 Å². The van der Waals surface area contributed by atoms with Gasteiger partial charge in [0.25, 0.3) is 5.91 Å². The second-order valence-corrected chi connectivity index (χ2v) is 17.4. The molecule has 41 heavy (non-hydrogen) atoms. The van der Waals surface area contributed by atoms with Crippen molar-refractivity contribution in [3.8, 4) is 11.1 Å². The molecular weight excluding hydrogens is 577 g/mol. The molecule has 0 radical (unpaired) electrons. The van der Waals surface area contributed by atoms with E-state index in [1.165, 1.54) is 29.7 Å². The molecule has 2 atom stereocenters. The Kier molecular flexibility index (Phi) is 7.57. The molecule has 0 N–H and O–H groups in total. The normalized spacial score (nSPS) is 20.9. The maximum absolute atomic E-state index is 14.1. The summed E-state index contributed by atoms with van der Waals surface area (Å²) < 4.78 is 55.2. The van der Waals surface area contributed by atoms with Crippen LogP contribution in [0.15, 0.2) is 35.3 Å². The molecule has 0 unspecified atom stereocenters. The van der Waals surface area contributed by atoms with Crippen molar-refractivity contribution < 1.29 is 31.6 Å². The Balaban J connectivity index is 1.50. The minimum atomic E-state index is -4.74. The number of hydrogen-bond acceptors (Lipinski definition) is 5. The summed E-state index contributed by atoms with van der Waals surface area (Å²) in [6.45, 7) is 11.7. The van der Waals surface area contributed by atoms with Crippen LogP contribution in [0.1, 0.15) is 56.1 Å². The third kappa shape index (κ3) is 5.53. The summed E-state index contributed by atoms with van der Waals surface area (Å²) in [4.78, 5) is 34.0. The van der Waals surface area contributed by atoms with Gasteiger partial charge < -0.3 is 18.6 Å². The highest BCUT2D eigenvalue weighted by Gasteiger charge is 2.46. The van der Waals surface area contributed by atoms with E-state index in [1.807, 2.05) is 4.90 Å². The average molecular weight is 611 g/mol. The maximum atomic E-state index is 14.1. The van der Waals surface area contributed by atoms with Gasteiger partial charge >= 0.3 is 6.18 Å². The largest absolute Gasteiger partial charge is 0.472 e. The fourth-order valence-electron chi connectivity index (χ4n) is 5.33. The number of nitrogens with zero attached hydrogens (tertiary/aromatic N) is 4. The van der Waals surface area contributed by atoms with Crippen molar-refractivity contribution in [2.24, 2.45) is 0 Å². The number of imidazole rings is 1. The van der Waals surface area contributed by atoms with Crippen LogP contribution in [0, 0.1) is 0 Å². The number of hydrogen-bond donors (Lipinski definition) is 0. The molecule has 0 aromatic carbocycles. The second-order valence-electron chi connectivity index (χ2n) is 12.3. The summed E-state index contributed by atoms with van der Waals surface area (Å²) in [5.41, 5.74) is -1.08. The molecule has 13 heteroatoms. The zero-order chi connectivity index (χ0) is 29.9. The van der Waals surface area contributed by atoms with E-state index in [1.54, 1.807) is 0 Å². The molecule has 2 amide bonds. The van der Waals surface area contributed by atoms with E-state index in [2.05, 4.69) is 38.8 Å². The third-order valence-electron chi connectivity index (χ3n) is 8.60. The van der Waals surface area contributed by atoms with Crippen LogP contribution in [0.25, 0.3) is 16.8 Å². The molecule has 0 aliphatic carbocycles. The maximum Gasteiger partial charge on any atom is 0.420 e. The van der Waals surface area contributed by atoms with Gasteiger partial charge in [0.2, 0.25) is 5.91 Å². The van der Waals surface area contributed by atoms with Crippen LogP contribution in [0.2, 0.25) is 23.3 Å². The highest BCUT2D eigenvalue weighted by Crippen LogP contribution is 2.40. The van der Waals surface area contributed by atoms with Gasteiger partial charge in [0.1, 0.15) is 5.15 Å². The number of likely N-dealkylation sites (tertiary alicyclic amines) is 2. The zero-order valence-corrected chi connectivity index (χ0v) is 25.5. The molecule has 2 saturated heterocycles. The predicted molar refractivity (Wildman–Crippen MR) is 150 cm³/mol. The summed E-state index contributed by atoms with van der Waals surface area (Å²) >= 11 is 6.57. The highest BCUT2D eigenvalue weighted by molar-refractivity contribution is 6.74.